The number of piperazine rings is 1. The van der Waals surface area contributed by atoms with E-state index in [2.05, 4.69) is 34.1 Å². The second kappa shape index (κ2) is 9.69. The summed E-state index contributed by atoms with van der Waals surface area (Å²) < 4.78 is 2.05. The normalized spacial score (nSPS) is 18.4. The van der Waals surface area contributed by atoms with Crippen molar-refractivity contribution in [2.75, 3.05) is 37.6 Å². The van der Waals surface area contributed by atoms with E-state index in [4.69, 9.17) is 17.2 Å². The number of nitrogens with zero attached hydrogens (tertiary/aromatic N) is 5. The van der Waals surface area contributed by atoms with Crippen LogP contribution in [0.1, 0.15) is 18.1 Å². The SMILES string of the molecule is CCN1C(=O)/C(=C/c2c(N3CCN(Cc4ccccc4)CC3)nc3ccccn3c2=O)SC1=S. The van der Waals surface area contributed by atoms with Crippen molar-refractivity contribution in [3.05, 3.63) is 81.1 Å². The zero-order valence-corrected chi connectivity index (χ0v) is 20.5. The molecule has 0 bridgehead atoms. The number of rotatable bonds is 5. The first-order chi connectivity index (χ1) is 16.5. The highest BCUT2D eigenvalue weighted by molar-refractivity contribution is 8.26. The Hall–Kier alpha value is -3.01. The van der Waals surface area contributed by atoms with Gasteiger partial charge in [-0.05, 0) is 30.7 Å². The first-order valence-corrected chi connectivity index (χ1v) is 12.6. The lowest BCUT2D eigenvalue weighted by atomic mass is 10.2. The van der Waals surface area contributed by atoms with E-state index in [-0.39, 0.29) is 11.5 Å². The Kier molecular flexibility index (Phi) is 6.49. The van der Waals surface area contributed by atoms with Crippen LogP contribution in [0, 0.1) is 0 Å². The number of likely N-dealkylation sites (N-methyl/N-ethyl adjacent to an activating group) is 1. The van der Waals surface area contributed by atoms with Crippen molar-refractivity contribution in [2.45, 2.75) is 13.5 Å². The highest BCUT2D eigenvalue weighted by Gasteiger charge is 2.32. The summed E-state index contributed by atoms with van der Waals surface area (Å²) in [5.74, 6) is 0.464. The lowest BCUT2D eigenvalue weighted by Crippen LogP contribution is -2.47. The molecule has 34 heavy (non-hydrogen) atoms. The average molecular weight is 492 g/mol. The third kappa shape index (κ3) is 4.38. The number of benzene rings is 1. The van der Waals surface area contributed by atoms with Gasteiger partial charge < -0.3 is 4.90 Å². The van der Waals surface area contributed by atoms with E-state index in [1.54, 1.807) is 23.2 Å². The van der Waals surface area contributed by atoms with Crippen LogP contribution in [0.5, 0.6) is 0 Å². The number of fused-ring (bicyclic) bond motifs is 1. The number of anilines is 1. The van der Waals surface area contributed by atoms with Crippen molar-refractivity contribution in [2.24, 2.45) is 0 Å². The van der Waals surface area contributed by atoms with E-state index in [0.29, 0.717) is 32.8 Å². The van der Waals surface area contributed by atoms with E-state index in [1.165, 1.54) is 21.7 Å². The van der Waals surface area contributed by atoms with Gasteiger partial charge in [-0.2, -0.15) is 0 Å². The van der Waals surface area contributed by atoms with Crippen LogP contribution in [-0.4, -0.2) is 62.1 Å². The summed E-state index contributed by atoms with van der Waals surface area (Å²) in [5.41, 5.74) is 2.12. The molecule has 2 fully saturated rings. The summed E-state index contributed by atoms with van der Waals surface area (Å²) in [6.45, 7) is 6.52. The van der Waals surface area contributed by atoms with E-state index in [0.717, 1.165) is 32.7 Å². The third-order valence-electron chi connectivity index (χ3n) is 6.14. The summed E-state index contributed by atoms with van der Waals surface area (Å²) >= 11 is 6.60. The Morgan fingerprint density at radius 2 is 1.76 bits per heavy atom. The van der Waals surface area contributed by atoms with Gasteiger partial charge >= 0.3 is 0 Å². The zero-order valence-electron chi connectivity index (χ0n) is 18.9. The lowest BCUT2D eigenvalue weighted by molar-refractivity contribution is -0.121. The number of hydrogen-bond donors (Lipinski definition) is 0. The molecular weight excluding hydrogens is 466 g/mol. The molecule has 4 heterocycles. The molecule has 0 spiro atoms. The maximum Gasteiger partial charge on any atom is 0.267 e. The molecule has 0 unspecified atom stereocenters. The second-order valence-corrected chi connectivity index (χ2v) is 9.93. The van der Waals surface area contributed by atoms with Crippen molar-refractivity contribution in [1.29, 1.82) is 0 Å². The predicted octanol–water partition coefficient (Wildman–Crippen LogP) is 3.24. The summed E-state index contributed by atoms with van der Waals surface area (Å²) in [7, 11) is 0. The molecule has 174 valence electrons. The fourth-order valence-electron chi connectivity index (χ4n) is 4.32. The van der Waals surface area contributed by atoms with Crippen LogP contribution in [0.2, 0.25) is 0 Å². The first kappa shape index (κ1) is 22.8. The van der Waals surface area contributed by atoms with Gasteiger partial charge in [0.25, 0.3) is 11.5 Å². The zero-order chi connectivity index (χ0) is 23.7. The number of thiocarbonyl (C=S) groups is 1. The number of aromatic nitrogens is 2. The average Bonchev–Trinajstić information content (AvgIpc) is 3.13. The van der Waals surface area contributed by atoms with Gasteiger partial charge in [-0.15, -0.1) is 0 Å². The molecule has 0 atom stereocenters. The minimum absolute atomic E-state index is 0.159. The van der Waals surface area contributed by atoms with Crippen molar-refractivity contribution < 1.29 is 4.79 Å². The van der Waals surface area contributed by atoms with Gasteiger partial charge in [0.15, 0.2) is 0 Å². The van der Waals surface area contributed by atoms with Crippen molar-refractivity contribution in [3.63, 3.8) is 0 Å². The molecular formula is C25H25N5O2S2. The highest BCUT2D eigenvalue weighted by Crippen LogP contribution is 2.33. The largest absolute Gasteiger partial charge is 0.353 e. The predicted molar refractivity (Wildman–Crippen MR) is 141 cm³/mol. The summed E-state index contributed by atoms with van der Waals surface area (Å²) in [5, 5.41) is 0. The van der Waals surface area contributed by atoms with Crippen LogP contribution in [0.15, 0.2) is 64.4 Å². The topological polar surface area (TPSA) is 61.2 Å². The summed E-state index contributed by atoms with van der Waals surface area (Å²) in [6, 6.07) is 15.9. The third-order valence-corrected chi connectivity index (χ3v) is 7.51. The number of hydrogen-bond acceptors (Lipinski definition) is 7. The maximum absolute atomic E-state index is 13.5. The van der Waals surface area contributed by atoms with Crippen LogP contribution in [0.4, 0.5) is 5.82 Å². The van der Waals surface area contributed by atoms with E-state index in [1.807, 2.05) is 25.1 Å². The molecule has 5 rings (SSSR count). The Bertz CT molecular complexity index is 1330. The van der Waals surface area contributed by atoms with Crippen molar-refractivity contribution >= 4 is 51.7 Å². The molecule has 2 aliphatic rings. The van der Waals surface area contributed by atoms with E-state index < -0.39 is 0 Å². The van der Waals surface area contributed by atoms with Crippen LogP contribution in [0.3, 0.4) is 0 Å². The van der Waals surface area contributed by atoms with Gasteiger partial charge in [0, 0.05) is 45.5 Å². The monoisotopic (exact) mass is 491 g/mol. The molecule has 7 nitrogen and oxygen atoms in total. The molecule has 2 saturated heterocycles. The molecule has 2 aliphatic heterocycles. The summed E-state index contributed by atoms with van der Waals surface area (Å²) in [4.78, 5) is 37.8. The number of carbonyl (C=O) groups is 1. The standard InChI is InChI=1S/C25H25N5O2S2/c1-2-29-24(32)20(34-25(29)33)16-19-22(26-21-10-6-7-11-30(21)23(19)31)28-14-12-27(13-15-28)17-18-8-4-3-5-9-18/h3-11,16H,2,12-15,17H2,1H3/b20-16-. The Balaban J connectivity index is 1.48. The number of amides is 1. The second-order valence-electron chi connectivity index (χ2n) is 8.26. The van der Waals surface area contributed by atoms with Gasteiger partial charge in [0.1, 0.15) is 15.8 Å². The molecule has 1 aromatic carbocycles. The van der Waals surface area contributed by atoms with Crippen LogP contribution < -0.4 is 10.5 Å². The van der Waals surface area contributed by atoms with Gasteiger partial charge in [0.2, 0.25) is 0 Å². The first-order valence-electron chi connectivity index (χ1n) is 11.3. The molecule has 0 radical (unpaired) electrons. The minimum atomic E-state index is -0.186. The molecule has 3 aromatic rings. The Morgan fingerprint density at radius 1 is 1.03 bits per heavy atom. The van der Waals surface area contributed by atoms with Crippen LogP contribution >= 0.6 is 24.0 Å². The fraction of sp³-hybridized carbons (Fsp3) is 0.280. The smallest absolute Gasteiger partial charge is 0.267 e. The quantitative estimate of drug-likeness (QED) is 0.401. The van der Waals surface area contributed by atoms with E-state index in [9.17, 15) is 9.59 Å². The maximum atomic E-state index is 13.5. The summed E-state index contributed by atoms with van der Waals surface area (Å²) in [6.07, 6.45) is 3.39. The highest BCUT2D eigenvalue weighted by atomic mass is 32.2. The number of pyridine rings is 1. The molecule has 9 heteroatoms. The van der Waals surface area contributed by atoms with E-state index >= 15 is 0 Å². The van der Waals surface area contributed by atoms with Gasteiger partial charge in [-0.1, -0.05) is 60.4 Å². The molecule has 0 N–H and O–H groups in total. The van der Waals surface area contributed by atoms with Gasteiger partial charge in [-0.25, -0.2) is 4.98 Å². The van der Waals surface area contributed by atoms with Crippen molar-refractivity contribution in [3.8, 4) is 0 Å². The number of thioether (sulfide) groups is 1. The van der Waals surface area contributed by atoms with Crippen LogP contribution in [-0.2, 0) is 11.3 Å². The molecule has 0 saturated carbocycles. The fourth-order valence-corrected chi connectivity index (χ4v) is 5.69. The van der Waals surface area contributed by atoms with Crippen LogP contribution in [0.25, 0.3) is 11.7 Å². The molecule has 2 aromatic heterocycles. The Morgan fingerprint density at radius 3 is 2.47 bits per heavy atom. The molecule has 0 aliphatic carbocycles. The molecule has 1 amide bonds. The number of carbonyl (C=O) groups excluding carboxylic acids is 1. The lowest BCUT2D eigenvalue weighted by Gasteiger charge is -2.36. The van der Waals surface area contributed by atoms with Crippen molar-refractivity contribution in [1.82, 2.24) is 19.2 Å². The van der Waals surface area contributed by atoms with Gasteiger partial charge in [0.05, 0.1) is 10.5 Å². The minimum Gasteiger partial charge on any atom is -0.353 e. The van der Waals surface area contributed by atoms with Gasteiger partial charge in [-0.3, -0.25) is 23.8 Å². The Labute approximate surface area is 207 Å².